The number of hydrogen-bond donors (Lipinski definition) is 1. The van der Waals surface area contributed by atoms with E-state index in [1.165, 1.54) is 17.3 Å². The topological polar surface area (TPSA) is 92.5 Å². The molecule has 0 spiro atoms. The third-order valence-electron chi connectivity index (χ3n) is 5.35. The summed E-state index contributed by atoms with van der Waals surface area (Å²) in [6, 6.07) is 5.62. The number of carbonyl (C=O) groups excluding carboxylic acids is 1. The molecule has 2 aromatic rings. The van der Waals surface area contributed by atoms with Gasteiger partial charge in [0.05, 0.1) is 0 Å². The van der Waals surface area contributed by atoms with E-state index in [0.717, 1.165) is 0 Å². The number of carbonyl (C=O) groups is 1. The van der Waals surface area contributed by atoms with Gasteiger partial charge < -0.3 is 9.84 Å². The fraction of sp³-hybridized carbons (Fsp3) is 0.500. The van der Waals surface area contributed by atoms with Crippen LogP contribution in [0, 0.1) is 19.7 Å². The third-order valence-corrected chi connectivity index (χ3v) is 7.50. The average molecular weight is 424 g/mol. The summed E-state index contributed by atoms with van der Waals surface area (Å²) in [6.45, 7) is 7.20. The number of nitrogens with one attached hydrogen (secondary N) is 1. The Labute approximate surface area is 170 Å². The molecule has 1 N–H and O–H groups in total. The van der Waals surface area contributed by atoms with Crippen molar-refractivity contribution in [2.45, 2.75) is 56.9 Å². The van der Waals surface area contributed by atoms with Crippen LogP contribution in [0.4, 0.5) is 4.39 Å². The van der Waals surface area contributed by atoms with Crippen molar-refractivity contribution in [1.82, 2.24) is 14.8 Å². The Hall–Kier alpha value is -2.26. The van der Waals surface area contributed by atoms with Crippen molar-refractivity contribution in [3.05, 3.63) is 47.1 Å². The number of aromatic nitrogens is 1. The summed E-state index contributed by atoms with van der Waals surface area (Å²) in [5.41, 5.74) is 0.117. The molecule has 29 heavy (non-hydrogen) atoms. The molecule has 1 aromatic heterocycles. The van der Waals surface area contributed by atoms with E-state index < -0.39 is 21.5 Å². The van der Waals surface area contributed by atoms with Crippen LogP contribution in [0.2, 0.25) is 0 Å². The quantitative estimate of drug-likeness (QED) is 0.771. The largest absolute Gasteiger partial charge is 0.360 e. The predicted octanol–water partition coefficient (Wildman–Crippen LogP) is 2.68. The second-order valence-electron chi connectivity index (χ2n) is 8.01. The van der Waals surface area contributed by atoms with Crippen LogP contribution in [0.15, 0.2) is 33.7 Å². The van der Waals surface area contributed by atoms with Gasteiger partial charge in [-0.05, 0) is 38.3 Å². The Morgan fingerprint density at radius 3 is 2.66 bits per heavy atom. The van der Waals surface area contributed by atoms with Gasteiger partial charge in [-0.15, -0.1) is 0 Å². The maximum absolute atomic E-state index is 14.1. The maximum atomic E-state index is 14.1. The van der Waals surface area contributed by atoms with Gasteiger partial charge in [0.2, 0.25) is 15.9 Å². The normalized spacial score (nSPS) is 18.2. The summed E-state index contributed by atoms with van der Waals surface area (Å²) in [5, 5.41) is 6.53. The molecule has 0 unspecified atom stereocenters. The van der Waals surface area contributed by atoms with Gasteiger partial charge in [0.1, 0.15) is 22.4 Å². The Morgan fingerprint density at radius 2 is 2.03 bits per heavy atom. The minimum absolute atomic E-state index is 0.0175. The summed E-state index contributed by atoms with van der Waals surface area (Å²) in [5.74, 6) is -0.522. The second kappa shape index (κ2) is 7.87. The fourth-order valence-corrected chi connectivity index (χ4v) is 5.73. The van der Waals surface area contributed by atoms with Crippen molar-refractivity contribution < 1.29 is 22.1 Å². The number of hydrogen-bond acceptors (Lipinski definition) is 5. The zero-order chi connectivity index (χ0) is 21.4. The van der Waals surface area contributed by atoms with Crippen LogP contribution in [0.3, 0.4) is 0 Å². The van der Waals surface area contributed by atoms with E-state index in [1.54, 1.807) is 25.1 Å². The summed E-state index contributed by atoms with van der Waals surface area (Å²) < 4.78 is 46.6. The summed E-state index contributed by atoms with van der Waals surface area (Å²) in [4.78, 5) is 12.9. The number of rotatable bonds is 6. The van der Waals surface area contributed by atoms with Crippen molar-refractivity contribution in [2.24, 2.45) is 0 Å². The van der Waals surface area contributed by atoms with E-state index in [9.17, 15) is 17.6 Å². The Bertz CT molecular complexity index is 997. The molecule has 1 aliphatic rings. The summed E-state index contributed by atoms with van der Waals surface area (Å²) >= 11 is 0. The predicted molar refractivity (Wildman–Crippen MR) is 105 cm³/mol. The summed E-state index contributed by atoms with van der Waals surface area (Å²) in [7, 11) is -3.91. The zero-order valence-electron chi connectivity index (χ0n) is 17.0. The number of amides is 1. The van der Waals surface area contributed by atoms with Gasteiger partial charge in [-0.3, -0.25) is 4.79 Å². The van der Waals surface area contributed by atoms with Gasteiger partial charge in [0.25, 0.3) is 0 Å². The van der Waals surface area contributed by atoms with Crippen LogP contribution < -0.4 is 5.32 Å². The molecule has 0 radical (unpaired) electrons. The first-order valence-corrected chi connectivity index (χ1v) is 11.0. The molecule has 2 heterocycles. The molecule has 1 atom stereocenters. The molecular weight excluding hydrogens is 397 g/mol. The highest BCUT2D eigenvalue weighted by molar-refractivity contribution is 7.89. The Kier molecular flexibility index (Phi) is 5.82. The van der Waals surface area contributed by atoms with Gasteiger partial charge in [0, 0.05) is 18.5 Å². The molecule has 158 valence electrons. The SMILES string of the molecule is Cc1noc(C)c1S(=O)(=O)N1CCC[C@H]1C(=O)NCC(C)(C)c1ccccc1F. The third kappa shape index (κ3) is 4.06. The molecule has 1 aliphatic heterocycles. The first-order chi connectivity index (χ1) is 13.6. The minimum Gasteiger partial charge on any atom is -0.360 e. The molecule has 0 saturated carbocycles. The van der Waals surface area contributed by atoms with E-state index >= 15 is 0 Å². The average Bonchev–Trinajstić information content (AvgIpc) is 3.27. The highest BCUT2D eigenvalue weighted by Gasteiger charge is 2.42. The number of halogens is 1. The van der Waals surface area contributed by atoms with E-state index in [1.807, 2.05) is 13.8 Å². The first kappa shape index (κ1) is 21.4. The molecule has 1 saturated heterocycles. The van der Waals surface area contributed by atoms with E-state index in [-0.39, 0.29) is 41.2 Å². The van der Waals surface area contributed by atoms with Gasteiger partial charge >= 0.3 is 0 Å². The smallest absolute Gasteiger partial charge is 0.249 e. The lowest BCUT2D eigenvalue weighted by Crippen LogP contribution is -2.48. The number of aryl methyl sites for hydroxylation is 2. The highest BCUT2D eigenvalue weighted by Crippen LogP contribution is 2.30. The van der Waals surface area contributed by atoms with Crippen molar-refractivity contribution in [2.75, 3.05) is 13.1 Å². The Balaban J connectivity index is 1.76. The van der Waals surface area contributed by atoms with Crippen molar-refractivity contribution in [3.8, 4) is 0 Å². The standard InChI is InChI=1S/C20H26FN3O4S/c1-13-18(14(2)28-23-13)29(26,27)24-11-7-10-17(24)19(25)22-12-20(3,4)15-8-5-6-9-16(15)21/h5-6,8-9,17H,7,10-12H2,1-4H3,(H,22,25)/t17-/m0/s1. The molecule has 9 heteroatoms. The van der Waals surface area contributed by atoms with Crippen molar-refractivity contribution >= 4 is 15.9 Å². The van der Waals surface area contributed by atoms with Crippen molar-refractivity contribution in [1.29, 1.82) is 0 Å². The molecule has 1 aromatic carbocycles. The lowest BCUT2D eigenvalue weighted by Gasteiger charge is -2.28. The monoisotopic (exact) mass is 423 g/mol. The molecule has 0 aliphatic carbocycles. The molecule has 1 fully saturated rings. The maximum Gasteiger partial charge on any atom is 0.249 e. The second-order valence-corrected chi connectivity index (χ2v) is 9.84. The van der Waals surface area contributed by atoms with Crippen LogP contribution in [-0.4, -0.2) is 42.9 Å². The number of sulfonamides is 1. The lowest BCUT2D eigenvalue weighted by molar-refractivity contribution is -0.124. The number of benzene rings is 1. The molecular formula is C20H26FN3O4S. The van der Waals surface area contributed by atoms with Gasteiger partial charge in [-0.25, -0.2) is 12.8 Å². The highest BCUT2D eigenvalue weighted by atomic mass is 32.2. The lowest BCUT2D eigenvalue weighted by atomic mass is 9.84. The van der Waals surface area contributed by atoms with E-state index in [4.69, 9.17) is 4.52 Å². The summed E-state index contributed by atoms with van der Waals surface area (Å²) in [6.07, 6.45) is 1.01. The zero-order valence-corrected chi connectivity index (χ0v) is 17.8. The number of nitrogens with zero attached hydrogens (tertiary/aromatic N) is 2. The van der Waals surface area contributed by atoms with Crippen LogP contribution in [0.1, 0.15) is 43.7 Å². The Morgan fingerprint density at radius 1 is 1.34 bits per heavy atom. The van der Waals surface area contributed by atoms with Crippen LogP contribution in [-0.2, 0) is 20.2 Å². The van der Waals surface area contributed by atoms with Gasteiger partial charge in [0.15, 0.2) is 5.76 Å². The first-order valence-electron chi connectivity index (χ1n) is 9.53. The van der Waals surface area contributed by atoms with Crippen LogP contribution >= 0.6 is 0 Å². The van der Waals surface area contributed by atoms with Crippen molar-refractivity contribution in [3.63, 3.8) is 0 Å². The van der Waals surface area contributed by atoms with Crippen LogP contribution in [0.25, 0.3) is 0 Å². The van der Waals surface area contributed by atoms with E-state index in [2.05, 4.69) is 10.5 Å². The molecule has 3 rings (SSSR count). The molecule has 0 bridgehead atoms. The minimum atomic E-state index is -3.91. The van der Waals surface area contributed by atoms with Crippen LogP contribution in [0.5, 0.6) is 0 Å². The van der Waals surface area contributed by atoms with Gasteiger partial charge in [-0.1, -0.05) is 37.2 Å². The molecule has 7 nitrogen and oxygen atoms in total. The van der Waals surface area contributed by atoms with Gasteiger partial charge in [-0.2, -0.15) is 4.31 Å². The fourth-order valence-electron chi connectivity index (χ4n) is 3.78. The van der Waals surface area contributed by atoms with E-state index in [0.29, 0.717) is 18.4 Å². The molecule has 1 amide bonds.